The average Bonchev–Trinajstić information content (AvgIpc) is 2.75. The molecule has 0 aromatic heterocycles. The molecule has 2 fully saturated rings. The zero-order chi connectivity index (χ0) is 12.4. The molecule has 1 amide bonds. The van der Waals surface area contributed by atoms with E-state index in [-0.39, 0.29) is 24.0 Å². The van der Waals surface area contributed by atoms with Crippen molar-refractivity contribution in [3.05, 3.63) is 0 Å². The first kappa shape index (κ1) is 12.8. The van der Waals surface area contributed by atoms with Gasteiger partial charge in [-0.1, -0.05) is 0 Å². The van der Waals surface area contributed by atoms with Crippen molar-refractivity contribution in [2.75, 3.05) is 6.54 Å². The summed E-state index contributed by atoms with van der Waals surface area (Å²) in [4.78, 5) is 14.5. The molecule has 2 aliphatic rings. The smallest absolute Gasteiger partial charge is 0.226 e. The molecule has 17 heavy (non-hydrogen) atoms. The van der Waals surface area contributed by atoms with Gasteiger partial charge in [0.15, 0.2) is 0 Å². The molecule has 0 unspecified atom stereocenters. The van der Waals surface area contributed by atoms with Gasteiger partial charge in [-0.15, -0.1) is 0 Å². The zero-order valence-corrected chi connectivity index (χ0v) is 10.8. The molecule has 0 aromatic rings. The molecule has 4 atom stereocenters. The first-order valence-electron chi connectivity index (χ1n) is 6.91. The molecular formula is C13H25N3O. The molecule has 0 spiro atoms. The number of likely N-dealkylation sites (tertiary alicyclic amines) is 1. The predicted molar refractivity (Wildman–Crippen MR) is 68.3 cm³/mol. The zero-order valence-electron chi connectivity index (χ0n) is 10.8. The third-order valence-electron chi connectivity index (χ3n) is 4.26. The maximum atomic E-state index is 12.5. The van der Waals surface area contributed by atoms with E-state index in [1.165, 1.54) is 6.42 Å². The predicted octanol–water partition coefficient (Wildman–Crippen LogP) is 0.842. The number of piperidine rings is 1. The van der Waals surface area contributed by atoms with Crippen LogP contribution in [0.1, 0.15) is 45.4 Å². The Morgan fingerprint density at radius 1 is 1.29 bits per heavy atom. The molecule has 1 heterocycles. The number of hydrogen-bond donors (Lipinski definition) is 2. The van der Waals surface area contributed by atoms with E-state index in [0.29, 0.717) is 5.91 Å². The van der Waals surface area contributed by atoms with Gasteiger partial charge < -0.3 is 16.4 Å². The van der Waals surface area contributed by atoms with Gasteiger partial charge in [0.2, 0.25) is 5.91 Å². The minimum Gasteiger partial charge on any atom is -0.338 e. The molecule has 2 rings (SSSR count). The van der Waals surface area contributed by atoms with E-state index in [0.717, 1.165) is 38.6 Å². The Morgan fingerprint density at radius 2 is 2.06 bits per heavy atom. The summed E-state index contributed by atoms with van der Waals surface area (Å²) in [7, 11) is 0. The molecule has 4 N–H and O–H groups in total. The van der Waals surface area contributed by atoms with Gasteiger partial charge in [-0.3, -0.25) is 4.79 Å². The Kier molecular flexibility index (Phi) is 4.05. The highest BCUT2D eigenvalue weighted by Crippen LogP contribution is 2.29. The molecule has 4 nitrogen and oxygen atoms in total. The summed E-state index contributed by atoms with van der Waals surface area (Å²) >= 11 is 0. The van der Waals surface area contributed by atoms with Gasteiger partial charge in [-0.2, -0.15) is 0 Å². The molecular weight excluding hydrogens is 214 g/mol. The van der Waals surface area contributed by atoms with Crippen molar-refractivity contribution in [3.8, 4) is 0 Å². The second kappa shape index (κ2) is 5.36. The summed E-state index contributed by atoms with van der Waals surface area (Å²) in [5, 5.41) is 0. The Balaban J connectivity index is 2.01. The van der Waals surface area contributed by atoms with E-state index >= 15 is 0 Å². The van der Waals surface area contributed by atoms with Gasteiger partial charge in [0.1, 0.15) is 0 Å². The summed E-state index contributed by atoms with van der Waals surface area (Å²) in [6.07, 6.45) is 6.19. The third kappa shape index (κ3) is 2.80. The molecule has 0 bridgehead atoms. The Labute approximate surface area is 104 Å². The van der Waals surface area contributed by atoms with Crippen LogP contribution in [0.5, 0.6) is 0 Å². The third-order valence-corrected chi connectivity index (χ3v) is 4.26. The molecule has 1 aliphatic carbocycles. The van der Waals surface area contributed by atoms with Crippen molar-refractivity contribution in [1.29, 1.82) is 0 Å². The van der Waals surface area contributed by atoms with Crippen LogP contribution in [0.15, 0.2) is 0 Å². The highest BCUT2D eigenvalue weighted by Gasteiger charge is 2.36. The lowest BCUT2D eigenvalue weighted by atomic mass is 9.94. The lowest BCUT2D eigenvalue weighted by Gasteiger charge is -2.39. The molecule has 0 radical (unpaired) electrons. The average molecular weight is 239 g/mol. The fraction of sp³-hybridized carbons (Fsp3) is 0.923. The second-order valence-electron chi connectivity index (χ2n) is 5.72. The number of rotatable bonds is 2. The molecule has 1 saturated carbocycles. The van der Waals surface area contributed by atoms with E-state index in [9.17, 15) is 4.79 Å². The Hall–Kier alpha value is -0.610. The first-order chi connectivity index (χ1) is 8.09. The Bertz CT molecular complexity index is 280. The highest BCUT2D eigenvalue weighted by molar-refractivity contribution is 5.79. The highest BCUT2D eigenvalue weighted by atomic mass is 16.2. The molecule has 4 heteroatoms. The second-order valence-corrected chi connectivity index (χ2v) is 5.72. The monoisotopic (exact) mass is 239 g/mol. The van der Waals surface area contributed by atoms with E-state index in [2.05, 4.69) is 0 Å². The number of carbonyl (C=O) groups is 1. The van der Waals surface area contributed by atoms with Crippen LogP contribution in [-0.4, -0.2) is 35.5 Å². The van der Waals surface area contributed by atoms with Crippen molar-refractivity contribution in [2.45, 2.75) is 63.6 Å². The summed E-state index contributed by atoms with van der Waals surface area (Å²) in [5.41, 5.74) is 11.9. The lowest BCUT2D eigenvalue weighted by molar-refractivity contribution is -0.139. The van der Waals surface area contributed by atoms with Crippen LogP contribution in [0.4, 0.5) is 0 Å². The molecule has 1 aliphatic heterocycles. The summed E-state index contributed by atoms with van der Waals surface area (Å²) in [6, 6.07) is 0.546. The van der Waals surface area contributed by atoms with E-state index in [4.69, 9.17) is 11.5 Å². The van der Waals surface area contributed by atoms with Gasteiger partial charge in [0, 0.05) is 30.6 Å². The van der Waals surface area contributed by atoms with Crippen molar-refractivity contribution in [1.82, 2.24) is 4.90 Å². The largest absolute Gasteiger partial charge is 0.338 e. The number of amides is 1. The molecule has 1 saturated heterocycles. The number of nitrogens with zero attached hydrogens (tertiary/aromatic N) is 1. The summed E-state index contributed by atoms with van der Waals surface area (Å²) in [5.74, 6) is 0.462. The van der Waals surface area contributed by atoms with E-state index < -0.39 is 0 Å². The van der Waals surface area contributed by atoms with Gasteiger partial charge >= 0.3 is 0 Å². The topological polar surface area (TPSA) is 72.3 Å². The van der Waals surface area contributed by atoms with Crippen LogP contribution in [0.3, 0.4) is 0 Å². The van der Waals surface area contributed by atoms with Gasteiger partial charge in [-0.25, -0.2) is 0 Å². The molecule has 98 valence electrons. The van der Waals surface area contributed by atoms with Crippen LogP contribution < -0.4 is 11.5 Å². The lowest BCUT2D eigenvalue weighted by Crippen LogP contribution is -2.53. The van der Waals surface area contributed by atoms with Gasteiger partial charge in [0.05, 0.1) is 0 Å². The minimum atomic E-state index is 0.0781. The Morgan fingerprint density at radius 3 is 2.65 bits per heavy atom. The quantitative estimate of drug-likeness (QED) is 0.750. The fourth-order valence-corrected chi connectivity index (χ4v) is 3.25. The summed E-state index contributed by atoms with van der Waals surface area (Å²) in [6.45, 7) is 2.90. The van der Waals surface area contributed by atoms with Crippen LogP contribution in [0, 0.1) is 5.92 Å². The number of carbonyl (C=O) groups excluding carboxylic acids is 1. The first-order valence-corrected chi connectivity index (χ1v) is 6.91. The number of nitrogens with two attached hydrogens (primary N) is 2. The SMILES string of the molecule is C[C@H](N)[C@@H]1CCCCN1C(=O)[C@@H]1CC[C@@H](N)C1. The fourth-order valence-electron chi connectivity index (χ4n) is 3.25. The van der Waals surface area contributed by atoms with Gasteiger partial charge in [0.25, 0.3) is 0 Å². The normalized spacial score (nSPS) is 35.9. The summed E-state index contributed by atoms with van der Waals surface area (Å²) < 4.78 is 0. The van der Waals surface area contributed by atoms with Crippen molar-refractivity contribution in [3.63, 3.8) is 0 Å². The van der Waals surface area contributed by atoms with Crippen molar-refractivity contribution < 1.29 is 4.79 Å². The van der Waals surface area contributed by atoms with Crippen molar-refractivity contribution in [2.24, 2.45) is 17.4 Å². The van der Waals surface area contributed by atoms with Crippen LogP contribution in [0.2, 0.25) is 0 Å². The maximum Gasteiger partial charge on any atom is 0.226 e. The molecule has 0 aromatic carbocycles. The van der Waals surface area contributed by atoms with E-state index in [1.807, 2.05) is 11.8 Å². The van der Waals surface area contributed by atoms with Crippen molar-refractivity contribution >= 4 is 5.91 Å². The number of hydrogen-bond acceptors (Lipinski definition) is 3. The van der Waals surface area contributed by atoms with Crippen LogP contribution in [0.25, 0.3) is 0 Å². The van der Waals surface area contributed by atoms with Gasteiger partial charge in [-0.05, 0) is 45.4 Å². The van der Waals surface area contributed by atoms with Crippen LogP contribution >= 0.6 is 0 Å². The van der Waals surface area contributed by atoms with E-state index in [1.54, 1.807) is 0 Å². The minimum absolute atomic E-state index is 0.0781. The van der Waals surface area contributed by atoms with Crippen LogP contribution in [-0.2, 0) is 4.79 Å². The standard InChI is InChI=1S/C13H25N3O/c1-9(14)12-4-2-3-7-16(12)13(17)10-5-6-11(15)8-10/h9-12H,2-8,14-15H2,1H3/t9-,10+,11+,12-/m0/s1. The maximum absolute atomic E-state index is 12.5.